The highest BCUT2D eigenvalue weighted by Crippen LogP contribution is 2.16. The summed E-state index contributed by atoms with van der Waals surface area (Å²) in [4.78, 5) is 17.6. The van der Waals surface area contributed by atoms with E-state index in [1.54, 1.807) is 13.3 Å². The van der Waals surface area contributed by atoms with Crippen molar-refractivity contribution in [2.24, 2.45) is 21.2 Å². The average molecular weight is 624 g/mol. The molecule has 0 saturated heterocycles. The van der Waals surface area contributed by atoms with Crippen molar-refractivity contribution in [3.63, 3.8) is 0 Å². The molecule has 0 radical (unpaired) electrons. The predicted molar refractivity (Wildman–Crippen MR) is 194 cm³/mol. The fourth-order valence-corrected chi connectivity index (χ4v) is 3.27. The van der Waals surface area contributed by atoms with Crippen molar-refractivity contribution in [3.05, 3.63) is 78.0 Å². The predicted octanol–water partition coefficient (Wildman–Crippen LogP) is 9.78. The number of aliphatic carboxylic acids is 1. The summed E-state index contributed by atoms with van der Waals surface area (Å²) in [5.41, 5.74) is 11.2. The molecule has 3 rings (SSSR count). The van der Waals surface area contributed by atoms with E-state index >= 15 is 0 Å². The van der Waals surface area contributed by atoms with Gasteiger partial charge in [-0.1, -0.05) is 127 Å². The fraction of sp³-hybridized carbons (Fsp3) is 0.500. The number of carbonyl (C=O) groups is 1. The number of carboxylic acid groups (broad SMARTS) is 1. The van der Waals surface area contributed by atoms with E-state index in [1.807, 2.05) is 84.2 Å². The number of carboxylic acids is 1. The van der Waals surface area contributed by atoms with Crippen molar-refractivity contribution in [1.29, 1.82) is 5.53 Å². The quantitative estimate of drug-likeness (QED) is 0.161. The van der Waals surface area contributed by atoms with Crippen molar-refractivity contribution in [1.82, 2.24) is 15.4 Å². The molecule has 0 bridgehead atoms. The molecular weight excluding hydrogens is 562 g/mol. The van der Waals surface area contributed by atoms with Crippen LogP contribution in [0.4, 0.5) is 0 Å². The lowest BCUT2D eigenvalue weighted by Gasteiger charge is -2.10. The van der Waals surface area contributed by atoms with Gasteiger partial charge in [-0.25, -0.2) is 0 Å². The number of rotatable bonds is 7. The highest BCUT2D eigenvalue weighted by atomic mass is 16.4. The van der Waals surface area contributed by atoms with Crippen LogP contribution in [0.15, 0.2) is 87.8 Å². The van der Waals surface area contributed by atoms with Gasteiger partial charge in [-0.15, -0.1) is 0 Å². The molecule has 9 heteroatoms. The van der Waals surface area contributed by atoms with Crippen LogP contribution in [-0.4, -0.2) is 52.9 Å². The molecule has 1 aliphatic heterocycles. The number of hydrazone groups is 1. The first-order valence-electron chi connectivity index (χ1n) is 16.0. The van der Waals surface area contributed by atoms with Crippen LogP contribution < -0.4 is 5.32 Å². The SMILES string of the molecule is CC.CC.CC(=O)O.CC1=NC\C=C/C(/C=N/N(C)N=N)=C\C(C)N1.CCCCC(C)C.Cc1ccc(-c2ccccn2)cc1. The third kappa shape index (κ3) is 29.7. The molecule has 45 heavy (non-hydrogen) atoms. The first kappa shape index (κ1) is 45.3. The zero-order chi connectivity index (χ0) is 35.0. The second-order valence-corrected chi connectivity index (χ2v) is 9.90. The van der Waals surface area contributed by atoms with E-state index in [9.17, 15) is 0 Å². The minimum atomic E-state index is -0.833. The Balaban J connectivity index is -0.000000555. The van der Waals surface area contributed by atoms with Crippen molar-refractivity contribution in [3.8, 4) is 11.3 Å². The molecule has 9 nitrogen and oxygen atoms in total. The van der Waals surface area contributed by atoms with E-state index in [0.29, 0.717) is 6.54 Å². The Labute approximate surface area is 274 Å². The summed E-state index contributed by atoms with van der Waals surface area (Å²) in [5, 5.41) is 19.0. The Morgan fingerprint density at radius 2 is 1.73 bits per heavy atom. The summed E-state index contributed by atoms with van der Waals surface area (Å²) in [6.45, 7) is 22.6. The monoisotopic (exact) mass is 623 g/mol. The minimum absolute atomic E-state index is 0.182. The molecule has 1 unspecified atom stereocenters. The number of pyridine rings is 1. The number of allylic oxidation sites excluding steroid dienone is 2. The number of aromatic nitrogens is 1. The van der Waals surface area contributed by atoms with Gasteiger partial charge < -0.3 is 10.4 Å². The van der Waals surface area contributed by atoms with Gasteiger partial charge in [-0.2, -0.15) is 15.8 Å². The standard InChI is InChI=1S/C12H11N.C11H18N6.C7H16.C2H4O2.2C2H6/c1-10-5-7-11(8-6-10)12-4-2-3-9-13-12;1-9-7-11(8-14-17(3)16-12)5-4-6-13-10(2)15-9;1-4-5-6-7(2)3;1-2(3)4;2*1-2/h2-9H,1H3;4-5,7-9,12H,6H2,1-3H3,(H,13,15);7H,4-6H2,1-3H3;1H3,(H,3,4);2*1-2H3/b;5-4-,11-7+,14-8+,16-12?;;;;. The number of benzene rings is 1. The molecule has 1 aliphatic rings. The van der Waals surface area contributed by atoms with Gasteiger partial charge in [-0.3, -0.25) is 14.8 Å². The van der Waals surface area contributed by atoms with Gasteiger partial charge in [0.2, 0.25) is 0 Å². The molecule has 1 atom stereocenters. The van der Waals surface area contributed by atoms with Crippen LogP contribution in [0.3, 0.4) is 0 Å². The molecule has 2 heterocycles. The third-order valence-electron chi connectivity index (χ3n) is 5.29. The molecular formula is C36H61N7O2. The van der Waals surface area contributed by atoms with Crippen LogP contribution in [-0.2, 0) is 4.79 Å². The van der Waals surface area contributed by atoms with E-state index in [2.05, 4.69) is 77.6 Å². The zero-order valence-electron chi connectivity index (χ0n) is 30.0. The molecule has 1 aromatic carbocycles. The van der Waals surface area contributed by atoms with Gasteiger partial charge in [0.1, 0.15) is 0 Å². The third-order valence-corrected chi connectivity index (χ3v) is 5.29. The maximum Gasteiger partial charge on any atom is 0.300 e. The summed E-state index contributed by atoms with van der Waals surface area (Å²) in [6, 6.07) is 14.5. The lowest BCUT2D eigenvalue weighted by atomic mass is 10.1. The van der Waals surface area contributed by atoms with E-state index < -0.39 is 5.97 Å². The summed E-state index contributed by atoms with van der Waals surface area (Å²) in [7, 11) is 1.61. The number of nitrogens with one attached hydrogen (secondary N) is 2. The average Bonchev–Trinajstić information content (AvgIpc) is 3.11. The summed E-state index contributed by atoms with van der Waals surface area (Å²) in [6.07, 6.45) is 13.6. The van der Waals surface area contributed by atoms with Gasteiger partial charge >= 0.3 is 0 Å². The molecule has 3 N–H and O–H groups in total. The molecule has 0 spiro atoms. The Hall–Kier alpha value is -4.14. The molecule has 2 aromatic rings. The van der Waals surface area contributed by atoms with Crippen LogP contribution in [0.1, 0.15) is 94.1 Å². The normalized spacial score (nSPS) is 15.0. The van der Waals surface area contributed by atoms with Gasteiger partial charge in [0.25, 0.3) is 5.97 Å². The summed E-state index contributed by atoms with van der Waals surface area (Å²) >= 11 is 0. The number of aryl methyl sites for hydroxylation is 1. The van der Waals surface area contributed by atoms with E-state index in [1.165, 1.54) is 35.5 Å². The smallest absolute Gasteiger partial charge is 0.300 e. The Morgan fingerprint density at radius 3 is 2.20 bits per heavy atom. The highest BCUT2D eigenvalue weighted by molar-refractivity contribution is 5.84. The molecule has 0 fully saturated rings. The number of nitrogens with zero attached hydrogens (tertiary/aromatic N) is 5. The van der Waals surface area contributed by atoms with Crippen LogP contribution in [0.25, 0.3) is 11.3 Å². The topological polar surface area (TPSA) is 126 Å². The van der Waals surface area contributed by atoms with Crippen LogP contribution >= 0.6 is 0 Å². The lowest BCUT2D eigenvalue weighted by Crippen LogP contribution is -2.29. The summed E-state index contributed by atoms with van der Waals surface area (Å²) in [5.74, 6) is 0.995. The molecule has 1 aromatic heterocycles. The van der Waals surface area contributed by atoms with Crippen molar-refractivity contribution in [2.45, 2.75) is 101 Å². The van der Waals surface area contributed by atoms with E-state index in [4.69, 9.17) is 15.4 Å². The van der Waals surface area contributed by atoms with Gasteiger partial charge in [-0.05, 0) is 44.4 Å². The zero-order valence-corrected chi connectivity index (χ0v) is 30.0. The highest BCUT2D eigenvalue weighted by Gasteiger charge is 2.01. The maximum absolute atomic E-state index is 9.00. The number of unbranched alkanes of at least 4 members (excludes halogenated alkanes) is 1. The lowest BCUT2D eigenvalue weighted by molar-refractivity contribution is -0.134. The Bertz CT molecular complexity index is 1110. The van der Waals surface area contributed by atoms with Gasteiger partial charge in [0, 0.05) is 24.7 Å². The van der Waals surface area contributed by atoms with Crippen LogP contribution in [0, 0.1) is 18.4 Å². The van der Waals surface area contributed by atoms with Gasteiger partial charge in [0.05, 0.1) is 31.3 Å². The number of aliphatic imine (C=N–C) groups is 1. The second-order valence-electron chi connectivity index (χ2n) is 9.90. The second kappa shape index (κ2) is 31.3. The molecule has 252 valence electrons. The Kier molecular flexibility index (Phi) is 31.5. The van der Waals surface area contributed by atoms with E-state index in [0.717, 1.165) is 29.9 Å². The largest absolute Gasteiger partial charge is 0.481 e. The van der Waals surface area contributed by atoms with Crippen molar-refractivity contribution >= 4 is 18.0 Å². The van der Waals surface area contributed by atoms with E-state index in [-0.39, 0.29) is 6.04 Å². The number of hydrogen-bond acceptors (Lipinski definition) is 7. The summed E-state index contributed by atoms with van der Waals surface area (Å²) < 4.78 is 0. The van der Waals surface area contributed by atoms with Crippen LogP contribution in [0.5, 0.6) is 0 Å². The first-order valence-corrected chi connectivity index (χ1v) is 16.0. The number of hydrogen-bond donors (Lipinski definition) is 3. The fourth-order valence-electron chi connectivity index (χ4n) is 3.27. The maximum atomic E-state index is 9.00. The molecule has 0 aliphatic carbocycles. The molecule has 0 saturated carbocycles. The van der Waals surface area contributed by atoms with Crippen molar-refractivity contribution < 1.29 is 9.90 Å². The van der Waals surface area contributed by atoms with Crippen molar-refractivity contribution in [2.75, 3.05) is 13.6 Å². The first-order chi connectivity index (χ1) is 21.5. The van der Waals surface area contributed by atoms with Crippen LogP contribution in [0.2, 0.25) is 0 Å². The minimum Gasteiger partial charge on any atom is -0.481 e. The Morgan fingerprint density at radius 1 is 1.13 bits per heavy atom. The molecule has 0 amide bonds. The van der Waals surface area contributed by atoms with Gasteiger partial charge in [0.15, 0.2) is 0 Å². The number of amidine groups is 1.